The average Bonchev–Trinajstić information content (AvgIpc) is 2.33. The zero-order valence-corrected chi connectivity index (χ0v) is 10.1. The molecule has 3 N–H and O–H groups in total. The minimum absolute atomic E-state index is 0.0851. The second-order valence-corrected chi connectivity index (χ2v) is 5.04. The molecule has 1 fully saturated rings. The van der Waals surface area contributed by atoms with Crippen molar-refractivity contribution in [2.75, 3.05) is 6.54 Å². The molecule has 1 aliphatic rings. The monoisotopic (exact) mass is 233 g/mol. The molecule has 0 saturated heterocycles. The van der Waals surface area contributed by atoms with Gasteiger partial charge >= 0.3 is 0 Å². The Balaban J connectivity index is 1.89. The van der Waals surface area contributed by atoms with Crippen LogP contribution in [0.2, 0.25) is 0 Å². The molecule has 1 saturated carbocycles. The number of pyridine rings is 1. The van der Waals surface area contributed by atoms with Gasteiger partial charge in [-0.05, 0) is 30.4 Å². The van der Waals surface area contributed by atoms with Crippen LogP contribution in [0.5, 0.6) is 0 Å². The van der Waals surface area contributed by atoms with Crippen molar-refractivity contribution in [2.24, 2.45) is 17.1 Å². The van der Waals surface area contributed by atoms with Gasteiger partial charge in [0.25, 0.3) is 0 Å². The minimum Gasteiger partial charge on any atom is -0.351 e. The number of carbonyl (C=O) groups is 1. The molecule has 0 bridgehead atoms. The van der Waals surface area contributed by atoms with Gasteiger partial charge in [0.1, 0.15) is 0 Å². The Hall–Kier alpha value is -1.42. The van der Waals surface area contributed by atoms with Crippen LogP contribution in [-0.4, -0.2) is 17.4 Å². The summed E-state index contributed by atoms with van der Waals surface area (Å²) in [5, 5.41) is 2.95. The highest BCUT2D eigenvalue weighted by Crippen LogP contribution is 2.44. The van der Waals surface area contributed by atoms with E-state index >= 15 is 0 Å². The molecule has 2 rings (SSSR count). The fourth-order valence-corrected chi connectivity index (χ4v) is 2.59. The van der Waals surface area contributed by atoms with Crippen molar-refractivity contribution in [2.45, 2.75) is 26.3 Å². The third-order valence-corrected chi connectivity index (χ3v) is 3.53. The Morgan fingerprint density at radius 2 is 2.41 bits per heavy atom. The first-order valence-corrected chi connectivity index (χ1v) is 6.03. The highest BCUT2D eigenvalue weighted by atomic mass is 16.2. The van der Waals surface area contributed by atoms with Crippen LogP contribution < -0.4 is 11.1 Å². The Morgan fingerprint density at radius 1 is 1.65 bits per heavy atom. The summed E-state index contributed by atoms with van der Waals surface area (Å²) in [6, 6.07) is 3.82. The van der Waals surface area contributed by atoms with E-state index in [4.69, 9.17) is 5.73 Å². The number of nitrogens with one attached hydrogen (secondary N) is 1. The van der Waals surface area contributed by atoms with Crippen molar-refractivity contribution in [3.63, 3.8) is 0 Å². The molecular weight excluding hydrogens is 214 g/mol. The fraction of sp³-hybridized carbons (Fsp3) is 0.538. The molecule has 4 nitrogen and oxygen atoms in total. The van der Waals surface area contributed by atoms with E-state index in [0.717, 1.165) is 18.4 Å². The van der Waals surface area contributed by atoms with E-state index in [9.17, 15) is 4.79 Å². The van der Waals surface area contributed by atoms with E-state index < -0.39 is 0 Å². The largest absolute Gasteiger partial charge is 0.351 e. The first-order valence-electron chi connectivity index (χ1n) is 6.03. The van der Waals surface area contributed by atoms with Crippen molar-refractivity contribution >= 4 is 5.91 Å². The summed E-state index contributed by atoms with van der Waals surface area (Å²) < 4.78 is 0. The number of nitrogens with zero attached hydrogens (tertiary/aromatic N) is 1. The van der Waals surface area contributed by atoms with Crippen LogP contribution in [-0.2, 0) is 11.3 Å². The van der Waals surface area contributed by atoms with Gasteiger partial charge in [-0.1, -0.05) is 13.0 Å². The summed E-state index contributed by atoms with van der Waals surface area (Å²) in [7, 11) is 0. The quantitative estimate of drug-likeness (QED) is 0.817. The maximum absolute atomic E-state index is 12.1. The SMILES string of the molecule is CC1CC(CN)(C(=O)NCc2cccnc2)C1. The van der Waals surface area contributed by atoms with Gasteiger partial charge in [-0.2, -0.15) is 0 Å². The number of aromatic nitrogens is 1. The molecule has 0 atom stereocenters. The van der Waals surface area contributed by atoms with E-state index in [1.54, 1.807) is 12.4 Å². The molecule has 1 amide bonds. The topological polar surface area (TPSA) is 68.0 Å². The number of amides is 1. The molecule has 0 aliphatic heterocycles. The van der Waals surface area contributed by atoms with Crippen LogP contribution in [0.3, 0.4) is 0 Å². The number of nitrogens with two attached hydrogens (primary N) is 1. The van der Waals surface area contributed by atoms with Crippen molar-refractivity contribution < 1.29 is 4.79 Å². The molecule has 92 valence electrons. The molecule has 0 aromatic carbocycles. The van der Waals surface area contributed by atoms with Crippen molar-refractivity contribution in [1.29, 1.82) is 0 Å². The maximum Gasteiger partial charge on any atom is 0.227 e. The van der Waals surface area contributed by atoms with Crippen LogP contribution in [0, 0.1) is 11.3 Å². The molecule has 1 aromatic heterocycles. The van der Waals surface area contributed by atoms with E-state index in [1.165, 1.54) is 0 Å². The van der Waals surface area contributed by atoms with Gasteiger partial charge in [-0.3, -0.25) is 9.78 Å². The van der Waals surface area contributed by atoms with Gasteiger partial charge in [-0.15, -0.1) is 0 Å². The highest BCUT2D eigenvalue weighted by molar-refractivity contribution is 5.83. The Kier molecular flexibility index (Phi) is 3.43. The standard InChI is InChI=1S/C13H19N3O/c1-10-5-13(6-10,9-14)12(17)16-8-11-3-2-4-15-7-11/h2-4,7,10H,5-6,8-9,14H2,1H3,(H,16,17). The molecule has 0 spiro atoms. The number of hydrogen-bond donors (Lipinski definition) is 2. The normalized spacial score (nSPS) is 27.3. The van der Waals surface area contributed by atoms with Crippen LogP contribution in [0.1, 0.15) is 25.3 Å². The third kappa shape index (κ3) is 2.47. The molecule has 0 radical (unpaired) electrons. The Morgan fingerprint density at radius 3 is 2.94 bits per heavy atom. The van der Waals surface area contributed by atoms with Crippen molar-refractivity contribution in [3.8, 4) is 0 Å². The van der Waals surface area contributed by atoms with Gasteiger partial charge in [0.15, 0.2) is 0 Å². The van der Waals surface area contributed by atoms with Crippen LogP contribution in [0.15, 0.2) is 24.5 Å². The van der Waals surface area contributed by atoms with Gasteiger partial charge in [0.05, 0.1) is 5.41 Å². The van der Waals surface area contributed by atoms with Crippen molar-refractivity contribution in [1.82, 2.24) is 10.3 Å². The van der Waals surface area contributed by atoms with Gasteiger partial charge in [0, 0.05) is 25.5 Å². The summed E-state index contributed by atoms with van der Waals surface area (Å²) >= 11 is 0. The fourth-order valence-electron chi connectivity index (χ4n) is 2.59. The molecule has 1 aromatic rings. The van der Waals surface area contributed by atoms with Crippen LogP contribution in [0.25, 0.3) is 0 Å². The maximum atomic E-state index is 12.1. The molecular formula is C13H19N3O. The summed E-state index contributed by atoms with van der Waals surface area (Å²) in [5.74, 6) is 0.699. The smallest absolute Gasteiger partial charge is 0.227 e. The lowest BCUT2D eigenvalue weighted by atomic mass is 9.62. The summed E-state index contributed by atoms with van der Waals surface area (Å²) in [6.45, 7) is 3.13. The number of rotatable bonds is 4. The Bertz CT molecular complexity index is 385. The predicted octanol–water partition coefficient (Wildman–Crippen LogP) is 1.07. The molecule has 1 aliphatic carbocycles. The lowest BCUT2D eigenvalue weighted by Crippen LogP contribution is -2.53. The average molecular weight is 233 g/mol. The van der Waals surface area contributed by atoms with Gasteiger partial charge < -0.3 is 11.1 Å². The highest BCUT2D eigenvalue weighted by Gasteiger charge is 2.46. The minimum atomic E-state index is -0.318. The second-order valence-electron chi connectivity index (χ2n) is 5.04. The summed E-state index contributed by atoms with van der Waals surface area (Å²) in [6.07, 6.45) is 5.30. The first-order chi connectivity index (χ1) is 8.16. The van der Waals surface area contributed by atoms with E-state index in [1.807, 2.05) is 12.1 Å². The second kappa shape index (κ2) is 4.84. The van der Waals surface area contributed by atoms with E-state index in [0.29, 0.717) is 19.0 Å². The Labute approximate surface area is 102 Å². The van der Waals surface area contributed by atoms with Crippen molar-refractivity contribution in [3.05, 3.63) is 30.1 Å². The number of hydrogen-bond acceptors (Lipinski definition) is 3. The van der Waals surface area contributed by atoms with Crippen LogP contribution in [0.4, 0.5) is 0 Å². The molecule has 17 heavy (non-hydrogen) atoms. The molecule has 4 heteroatoms. The predicted molar refractivity (Wildman–Crippen MR) is 66.0 cm³/mol. The zero-order valence-electron chi connectivity index (χ0n) is 10.1. The first kappa shape index (κ1) is 12.0. The van der Waals surface area contributed by atoms with E-state index in [2.05, 4.69) is 17.2 Å². The van der Waals surface area contributed by atoms with Gasteiger partial charge in [0.2, 0.25) is 5.91 Å². The lowest BCUT2D eigenvalue weighted by Gasteiger charge is -2.44. The number of carbonyl (C=O) groups excluding carboxylic acids is 1. The van der Waals surface area contributed by atoms with Gasteiger partial charge in [-0.25, -0.2) is 0 Å². The molecule has 0 unspecified atom stereocenters. The summed E-state index contributed by atoms with van der Waals surface area (Å²) in [4.78, 5) is 16.1. The summed E-state index contributed by atoms with van der Waals surface area (Å²) in [5.41, 5.74) is 6.42. The van der Waals surface area contributed by atoms with E-state index in [-0.39, 0.29) is 11.3 Å². The lowest BCUT2D eigenvalue weighted by molar-refractivity contribution is -0.138. The van der Waals surface area contributed by atoms with Crippen LogP contribution >= 0.6 is 0 Å². The molecule has 1 heterocycles. The third-order valence-electron chi connectivity index (χ3n) is 3.53. The zero-order chi connectivity index (χ0) is 12.3.